The Hall–Kier alpha value is -0.603. The van der Waals surface area contributed by atoms with Crippen LogP contribution >= 0.6 is 0 Å². The van der Waals surface area contributed by atoms with Gasteiger partial charge in [-0.15, -0.1) is 0 Å². The summed E-state index contributed by atoms with van der Waals surface area (Å²) < 4.78 is 0. The molecule has 1 aromatic rings. The minimum atomic E-state index is -1.40. The highest BCUT2D eigenvalue weighted by atomic mass is 28.3. The van der Waals surface area contributed by atoms with E-state index >= 15 is 0 Å². The molecule has 2 heteroatoms. The predicted octanol–water partition coefficient (Wildman–Crippen LogP) is 4.08. The summed E-state index contributed by atoms with van der Waals surface area (Å²) in [6, 6.07) is 10.2. The Balaban J connectivity index is 2.38. The zero-order valence-corrected chi connectivity index (χ0v) is 12.6. The lowest BCUT2D eigenvalue weighted by Crippen LogP contribution is -2.36. The van der Waals surface area contributed by atoms with E-state index < -0.39 is 8.07 Å². The zero-order valence-electron chi connectivity index (χ0n) is 11.6. The Bertz CT molecular complexity index is 385. The maximum absolute atomic E-state index is 10.8. The Morgan fingerprint density at radius 1 is 1.06 bits per heavy atom. The molecule has 2 rings (SSSR count). The lowest BCUT2D eigenvalue weighted by Gasteiger charge is -2.36. The third-order valence-corrected chi connectivity index (χ3v) is 8.80. The molecule has 1 aliphatic carbocycles. The quantitative estimate of drug-likeness (QED) is 0.799. The van der Waals surface area contributed by atoms with Gasteiger partial charge in [-0.3, -0.25) is 0 Å². The van der Waals surface area contributed by atoms with E-state index in [1.54, 1.807) is 0 Å². The molecule has 1 saturated carbocycles. The van der Waals surface area contributed by atoms with Gasteiger partial charge in [0, 0.05) is 5.04 Å². The fourth-order valence-corrected chi connectivity index (χ4v) is 8.13. The third-order valence-electron chi connectivity index (χ3n) is 5.01. The zero-order chi connectivity index (χ0) is 12.8. The summed E-state index contributed by atoms with van der Waals surface area (Å²) in [5.41, 5.74) is 1.09. The lowest BCUT2D eigenvalue weighted by molar-refractivity contribution is 0.147. The first kappa shape index (κ1) is 12.8. The van der Waals surface area contributed by atoms with Crippen LogP contribution in [0.25, 0.3) is 0 Å². The predicted molar refractivity (Wildman–Crippen MR) is 75.8 cm³/mol. The van der Waals surface area contributed by atoms with Crippen molar-refractivity contribution in [3.63, 3.8) is 0 Å². The van der Waals surface area contributed by atoms with E-state index in [0.717, 1.165) is 5.56 Å². The van der Waals surface area contributed by atoms with Gasteiger partial charge in [0.15, 0.2) is 0 Å². The summed E-state index contributed by atoms with van der Waals surface area (Å²) in [4.78, 5) is 0. The average molecular weight is 248 g/mol. The van der Waals surface area contributed by atoms with Crippen LogP contribution in [0, 0.1) is 11.8 Å². The second-order valence-corrected chi connectivity index (χ2v) is 11.9. The Labute approximate surface area is 106 Å². The number of hydrogen-bond acceptors (Lipinski definition) is 1. The van der Waals surface area contributed by atoms with Crippen LogP contribution in [0.15, 0.2) is 30.3 Å². The van der Waals surface area contributed by atoms with E-state index in [2.05, 4.69) is 45.6 Å². The molecule has 0 heterocycles. The molecular formula is C15H24OSi. The molecule has 0 bridgehead atoms. The van der Waals surface area contributed by atoms with Gasteiger partial charge in [0.05, 0.1) is 14.2 Å². The fraction of sp³-hybridized carbons (Fsp3) is 0.600. The highest BCUT2D eigenvalue weighted by Gasteiger charge is 2.69. The first-order valence-corrected chi connectivity index (χ1v) is 10.1. The normalized spacial score (nSPS) is 34.5. The van der Waals surface area contributed by atoms with Crippen LogP contribution in [0.1, 0.15) is 25.5 Å². The minimum Gasteiger partial charge on any atom is -0.388 e. The van der Waals surface area contributed by atoms with Gasteiger partial charge in [0.2, 0.25) is 0 Å². The molecule has 4 atom stereocenters. The smallest absolute Gasteiger partial charge is 0.0827 e. The van der Waals surface area contributed by atoms with Crippen LogP contribution in [0.5, 0.6) is 0 Å². The van der Waals surface area contributed by atoms with Crippen LogP contribution in [-0.4, -0.2) is 13.2 Å². The van der Waals surface area contributed by atoms with Gasteiger partial charge in [0.25, 0.3) is 0 Å². The molecule has 0 spiro atoms. The van der Waals surface area contributed by atoms with E-state index in [4.69, 9.17) is 0 Å². The molecule has 1 nitrogen and oxygen atoms in total. The summed E-state index contributed by atoms with van der Waals surface area (Å²) in [6.07, 6.45) is -0.291. The molecule has 94 valence electrons. The first-order chi connectivity index (χ1) is 7.83. The van der Waals surface area contributed by atoms with E-state index in [1.165, 1.54) is 0 Å². The van der Waals surface area contributed by atoms with Crippen LogP contribution in [0.2, 0.25) is 24.7 Å². The van der Waals surface area contributed by atoms with Crippen molar-refractivity contribution in [1.29, 1.82) is 0 Å². The molecule has 0 aromatic heterocycles. The van der Waals surface area contributed by atoms with Gasteiger partial charge in [-0.25, -0.2) is 0 Å². The number of aliphatic hydroxyl groups excluding tert-OH is 1. The SMILES string of the molecule is C[C@@H]1[C@H](C)C1(C(O)c1ccccc1)[Si](C)(C)C. The van der Waals surface area contributed by atoms with Crippen LogP contribution < -0.4 is 0 Å². The standard InChI is InChI=1S/C15H24OSi/c1-11-12(2)15(11,17(3,4)5)14(16)13-9-7-6-8-10-13/h6-12,14,16H,1-5H3/t11-,12+,14?,15?. The second kappa shape index (κ2) is 3.96. The molecule has 0 aliphatic heterocycles. The summed E-state index contributed by atoms with van der Waals surface area (Å²) in [7, 11) is -1.40. The number of rotatable bonds is 3. The highest BCUT2D eigenvalue weighted by molar-refractivity contribution is 6.80. The van der Waals surface area contributed by atoms with Crippen LogP contribution in [0.3, 0.4) is 0 Å². The number of hydrogen-bond donors (Lipinski definition) is 1. The monoisotopic (exact) mass is 248 g/mol. The van der Waals surface area contributed by atoms with Gasteiger partial charge in [-0.05, 0) is 17.4 Å². The van der Waals surface area contributed by atoms with E-state index in [-0.39, 0.29) is 11.1 Å². The lowest BCUT2D eigenvalue weighted by atomic mass is 10.0. The molecule has 17 heavy (non-hydrogen) atoms. The van der Waals surface area contributed by atoms with Crippen molar-refractivity contribution >= 4 is 8.07 Å². The van der Waals surface area contributed by atoms with Crippen LogP contribution in [0.4, 0.5) is 0 Å². The highest BCUT2D eigenvalue weighted by Crippen LogP contribution is 2.75. The third kappa shape index (κ3) is 1.69. The van der Waals surface area contributed by atoms with Crippen LogP contribution in [-0.2, 0) is 0 Å². The summed E-state index contributed by atoms with van der Waals surface area (Å²) in [6.45, 7) is 11.8. The molecule has 0 saturated heterocycles. The second-order valence-electron chi connectivity index (χ2n) is 6.57. The van der Waals surface area contributed by atoms with E-state index in [1.807, 2.05) is 18.2 Å². The van der Waals surface area contributed by atoms with Crippen molar-refractivity contribution in [1.82, 2.24) is 0 Å². The van der Waals surface area contributed by atoms with E-state index in [0.29, 0.717) is 11.8 Å². The van der Waals surface area contributed by atoms with E-state index in [9.17, 15) is 5.11 Å². The molecule has 1 N–H and O–H groups in total. The average Bonchev–Trinajstić information content (AvgIpc) is 2.83. The molecule has 0 amide bonds. The van der Waals surface area contributed by atoms with Gasteiger partial charge in [-0.1, -0.05) is 63.8 Å². The molecule has 1 aliphatic rings. The molecule has 2 unspecified atom stereocenters. The molecular weight excluding hydrogens is 224 g/mol. The molecule has 1 aromatic carbocycles. The maximum atomic E-state index is 10.8. The van der Waals surface area contributed by atoms with Crippen molar-refractivity contribution < 1.29 is 5.11 Å². The van der Waals surface area contributed by atoms with Gasteiger partial charge in [-0.2, -0.15) is 0 Å². The number of aliphatic hydroxyl groups is 1. The minimum absolute atomic E-state index is 0.161. The maximum Gasteiger partial charge on any atom is 0.0827 e. The van der Waals surface area contributed by atoms with Gasteiger partial charge >= 0.3 is 0 Å². The first-order valence-electron chi connectivity index (χ1n) is 6.56. The molecule has 0 radical (unpaired) electrons. The van der Waals surface area contributed by atoms with Gasteiger partial charge in [0.1, 0.15) is 0 Å². The Morgan fingerprint density at radius 2 is 1.53 bits per heavy atom. The van der Waals surface area contributed by atoms with Crippen molar-refractivity contribution in [2.24, 2.45) is 11.8 Å². The largest absolute Gasteiger partial charge is 0.388 e. The van der Waals surface area contributed by atoms with Crippen molar-refractivity contribution in [3.05, 3.63) is 35.9 Å². The Kier molecular flexibility index (Phi) is 2.99. The van der Waals surface area contributed by atoms with Crippen molar-refractivity contribution in [2.45, 2.75) is 44.6 Å². The topological polar surface area (TPSA) is 20.2 Å². The fourth-order valence-electron chi connectivity index (χ4n) is 3.99. The summed E-state index contributed by atoms with van der Waals surface area (Å²) in [5, 5.41) is 11.0. The number of benzene rings is 1. The van der Waals surface area contributed by atoms with Crippen molar-refractivity contribution in [3.8, 4) is 0 Å². The van der Waals surface area contributed by atoms with Gasteiger partial charge < -0.3 is 5.11 Å². The van der Waals surface area contributed by atoms with Crippen molar-refractivity contribution in [2.75, 3.05) is 0 Å². The Morgan fingerprint density at radius 3 is 1.88 bits per heavy atom. The summed E-state index contributed by atoms with van der Waals surface area (Å²) >= 11 is 0. The summed E-state index contributed by atoms with van der Waals surface area (Å²) in [5.74, 6) is 1.29. The molecule has 1 fully saturated rings.